The molecule has 0 heterocycles. The molecule has 0 bridgehead atoms. The van der Waals surface area contributed by atoms with Crippen LogP contribution in [0.1, 0.15) is 35.7 Å². The average Bonchev–Trinajstić information content (AvgIpc) is 2.51. The SMILES string of the molecule is CCCc1ccc(C(=O)COCCOCCCOC)cc1. The molecule has 21 heavy (non-hydrogen) atoms. The topological polar surface area (TPSA) is 44.8 Å². The number of ketones is 1. The summed E-state index contributed by atoms with van der Waals surface area (Å²) in [7, 11) is 1.67. The van der Waals surface area contributed by atoms with E-state index in [4.69, 9.17) is 14.2 Å². The number of carbonyl (C=O) groups excluding carboxylic acids is 1. The third kappa shape index (κ3) is 7.95. The van der Waals surface area contributed by atoms with E-state index in [9.17, 15) is 4.79 Å². The van der Waals surface area contributed by atoms with Crippen molar-refractivity contribution in [2.75, 3.05) is 40.1 Å². The van der Waals surface area contributed by atoms with Crippen molar-refractivity contribution in [3.05, 3.63) is 35.4 Å². The zero-order chi connectivity index (χ0) is 15.3. The summed E-state index contributed by atoms with van der Waals surface area (Å²) in [6, 6.07) is 7.77. The molecule has 0 saturated heterocycles. The van der Waals surface area contributed by atoms with Gasteiger partial charge in [-0.25, -0.2) is 0 Å². The highest BCUT2D eigenvalue weighted by atomic mass is 16.5. The van der Waals surface area contributed by atoms with Crippen molar-refractivity contribution in [1.82, 2.24) is 0 Å². The Kier molecular flexibility index (Phi) is 9.70. The van der Waals surface area contributed by atoms with Crippen LogP contribution < -0.4 is 0 Å². The van der Waals surface area contributed by atoms with Gasteiger partial charge in [-0.05, 0) is 18.4 Å². The van der Waals surface area contributed by atoms with Crippen LogP contribution in [0.15, 0.2) is 24.3 Å². The molecular formula is C17H26O4. The van der Waals surface area contributed by atoms with E-state index in [1.165, 1.54) is 5.56 Å². The summed E-state index contributed by atoms with van der Waals surface area (Å²) in [6.07, 6.45) is 3.03. The first-order valence-corrected chi connectivity index (χ1v) is 7.54. The van der Waals surface area contributed by atoms with Gasteiger partial charge in [0.2, 0.25) is 0 Å². The average molecular weight is 294 g/mol. The molecule has 1 aromatic rings. The summed E-state index contributed by atoms with van der Waals surface area (Å²) in [5.41, 5.74) is 1.97. The van der Waals surface area contributed by atoms with E-state index in [1.54, 1.807) is 7.11 Å². The highest BCUT2D eigenvalue weighted by molar-refractivity contribution is 5.97. The third-order valence-corrected chi connectivity index (χ3v) is 3.06. The lowest BCUT2D eigenvalue weighted by Crippen LogP contribution is -2.13. The van der Waals surface area contributed by atoms with Crippen molar-refractivity contribution in [1.29, 1.82) is 0 Å². The molecule has 0 N–H and O–H groups in total. The maximum absolute atomic E-state index is 11.9. The molecule has 0 saturated carbocycles. The van der Waals surface area contributed by atoms with Crippen molar-refractivity contribution < 1.29 is 19.0 Å². The van der Waals surface area contributed by atoms with E-state index in [1.807, 2.05) is 24.3 Å². The molecule has 1 rings (SSSR count). The zero-order valence-electron chi connectivity index (χ0n) is 13.1. The summed E-state index contributed by atoms with van der Waals surface area (Å²) in [4.78, 5) is 11.9. The van der Waals surface area contributed by atoms with Gasteiger partial charge in [0.1, 0.15) is 6.61 Å². The van der Waals surface area contributed by atoms with E-state index < -0.39 is 0 Å². The van der Waals surface area contributed by atoms with E-state index in [-0.39, 0.29) is 12.4 Å². The van der Waals surface area contributed by atoms with Crippen molar-refractivity contribution in [3.8, 4) is 0 Å². The minimum absolute atomic E-state index is 0.0115. The highest BCUT2D eigenvalue weighted by Gasteiger charge is 2.05. The quantitative estimate of drug-likeness (QED) is 0.439. The van der Waals surface area contributed by atoms with Gasteiger partial charge in [-0.1, -0.05) is 37.6 Å². The molecule has 0 radical (unpaired) electrons. The lowest BCUT2D eigenvalue weighted by molar-refractivity contribution is 0.0382. The highest BCUT2D eigenvalue weighted by Crippen LogP contribution is 2.07. The predicted molar refractivity (Wildman–Crippen MR) is 82.9 cm³/mol. The number of rotatable bonds is 12. The molecule has 0 aliphatic heterocycles. The van der Waals surface area contributed by atoms with Gasteiger partial charge in [0.15, 0.2) is 5.78 Å². The molecule has 0 aromatic heterocycles. The Hall–Kier alpha value is -1.23. The molecule has 0 aliphatic carbocycles. The van der Waals surface area contributed by atoms with E-state index in [0.717, 1.165) is 19.3 Å². The van der Waals surface area contributed by atoms with Gasteiger partial charge >= 0.3 is 0 Å². The van der Waals surface area contributed by atoms with E-state index >= 15 is 0 Å². The fourth-order valence-corrected chi connectivity index (χ4v) is 1.92. The first kappa shape index (κ1) is 17.8. The Balaban J connectivity index is 2.13. The maximum Gasteiger partial charge on any atom is 0.188 e. The standard InChI is InChI=1S/C17H26O4/c1-3-5-15-6-8-16(9-7-15)17(18)14-21-13-12-20-11-4-10-19-2/h6-9H,3-5,10-14H2,1-2H3. The summed E-state index contributed by atoms with van der Waals surface area (Å²) >= 11 is 0. The van der Waals surface area contributed by atoms with Crippen LogP contribution in [-0.2, 0) is 20.6 Å². The van der Waals surface area contributed by atoms with Crippen LogP contribution in [0.4, 0.5) is 0 Å². The van der Waals surface area contributed by atoms with Gasteiger partial charge < -0.3 is 14.2 Å². The van der Waals surface area contributed by atoms with Crippen molar-refractivity contribution in [2.24, 2.45) is 0 Å². The number of methoxy groups -OCH3 is 1. The fraction of sp³-hybridized carbons (Fsp3) is 0.588. The number of hydrogen-bond donors (Lipinski definition) is 0. The normalized spacial score (nSPS) is 10.8. The van der Waals surface area contributed by atoms with Crippen LogP contribution in [0.5, 0.6) is 0 Å². The number of aryl methyl sites for hydroxylation is 1. The fourth-order valence-electron chi connectivity index (χ4n) is 1.92. The molecule has 0 amide bonds. The minimum Gasteiger partial charge on any atom is -0.385 e. The third-order valence-electron chi connectivity index (χ3n) is 3.06. The second-order valence-corrected chi connectivity index (χ2v) is 4.88. The van der Waals surface area contributed by atoms with E-state index in [2.05, 4.69) is 6.92 Å². The molecule has 0 atom stereocenters. The number of hydrogen-bond acceptors (Lipinski definition) is 4. The maximum atomic E-state index is 11.9. The summed E-state index contributed by atoms with van der Waals surface area (Å²) in [6.45, 7) is 4.55. The Morgan fingerprint density at radius 2 is 1.71 bits per heavy atom. The summed E-state index contributed by atoms with van der Waals surface area (Å²) in [5, 5.41) is 0. The second kappa shape index (κ2) is 11.4. The Morgan fingerprint density at radius 1 is 1.00 bits per heavy atom. The molecular weight excluding hydrogens is 268 g/mol. The minimum atomic E-state index is 0.0115. The first-order chi connectivity index (χ1) is 10.3. The van der Waals surface area contributed by atoms with Crippen LogP contribution in [0.2, 0.25) is 0 Å². The molecule has 0 aliphatic rings. The first-order valence-electron chi connectivity index (χ1n) is 7.54. The molecule has 0 unspecified atom stereocenters. The second-order valence-electron chi connectivity index (χ2n) is 4.88. The largest absolute Gasteiger partial charge is 0.385 e. The van der Waals surface area contributed by atoms with Crippen LogP contribution in [0.3, 0.4) is 0 Å². The van der Waals surface area contributed by atoms with Gasteiger partial charge in [-0.2, -0.15) is 0 Å². The number of carbonyl (C=O) groups is 1. The van der Waals surface area contributed by atoms with Crippen molar-refractivity contribution in [3.63, 3.8) is 0 Å². The van der Waals surface area contributed by atoms with Gasteiger partial charge in [0, 0.05) is 25.9 Å². The molecule has 4 heteroatoms. The van der Waals surface area contributed by atoms with Crippen LogP contribution >= 0.6 is 0 Å². The van der Waals surface area contributed by atoms with Gasteiger partial charge in [0.05, 0.1) is 13.2 Å². The van der Waals surface area contributed by atoms with Gasteiger partial charge in [-0.15, -0.1) is 0 Å². The summed E-state index contributed by atoms with van der Waals surface area (Å²) in [5.74, 6) is 0.0115. The van der Waals surface area contributed by atoms with Crippen LogP contribution in [0.25, 0.3) is 0 Å². The monoisotopic (exact) mass is 294 g/mol. The lowest BCUT2D eigenvalue weighted by Gasteiger charge is -2.06. The van der Waals surface area contributed by atoms with Gasteiger partial charge in [-0.3, -0.25) is 4.79 Å². The van der Waals surface area contributed by atoms with Crippen LogP contribution in [-0.4, -0.2) is 45.9 Å². The Bertz CT molecular complexity index is 386. The zero-order valence-corrected chi connectivity index (χ0v) is 13.1. The smallest absolute Gasteiger partial charge is 0.188 e. The Morgan fingerprint density at radius 3 is 2.38 bits per heavy atom. The molecule has 118 valence electrons. The van der Waals surface area contributed by atoms with Crippen molar-refractivity contribution in [2.45, 2.75) is 26.2 Å². The lowest BCUT2D eigenvalue weighted by atomic mass is 10.1. The van der Waals surface area contributed by atoms with Crippen molar-refractivity contribution >= 4 is 5.78 Å². The predicted octanol–water partition coefficient (Wildman–Crippen LogP) is 2.89. The molecule has 4 nitrogen and oxygen atoms in total. The molecule has 1 aromatic carbocycles. The molecule has 0 fully saturated rings. The Labute approximate surface area is 127 Å². The number of benzene rings is 1. The molecule has 0 spiro atoms. The van der Waals surface area contributed by atoms with Crippen LogP contribution in [0, 0.1) is 0 Å². The number of ether oxygens (including phenoxy) is 3. The van der Waals surface area contributed by atoms with E-state index in [0.29, 0.717) is 32.0 Å². The van der Waals surface area contributed by atoms with Gasteiger partial charge in [0.25, 0.3) is 0 Å². The summed E-state index contributed by atoms with van der Waals surface area (Å²) < 4.78 is 15.6. The number of Topliss-reactive ketones (excluding diaryl/α,β-unsaturated/α-hetero) is 1.